The van der Waals surface area contributed by atoms with Crippen LogP contribution in [0.4, 0.5) is 5.69 Å². The monoisotopic (exact) mass is 193 g/mol. The molecule has 0 aliphatic rings. The molecule has 0 atom stereocenters. The first-order valence-electron chi connectivity index (χ1n) is 3.43. The van der Waals surface area contributed by atoms with Crippen molar-refractivity contribution >= 4 is 40.1 Å². The van der Waals surface area contributed by atoms with Gasteiger partial charge in [0.25, 0.3) is 0 Å². The number of aliphatic imine (C=N–C) groups is 1. The second-order valence-corrected chi connectivity index (χ2v) is 3.10. The van der Waals surface area contributed by atoms with Gasteiger partial charge in [-0.05, 0) is 36.8 Å². The van der Waals surface area contributed by atoms with Gasteiger partial charge in [0.1, 0.15) is 0 Å². The van der Waals surface area contributed by atoms with Crippen LogP contribution in [0.5, 0.6) is 0 Å². The fraction of sp³-hybridized carbons (Fsp3) is 0.111. The third-order valence-electron chi connectivity index (χ3n) is 1.43. The molecule has 0 spiro atoms. The molecule has 3 heteroatoms. The van der Waals surface area contributed by atoms with Gasteiger partial charge in [-0.3, -0.25) is 0 Å². The Kier molecular flexibility index (Phi) is 3.23. The second kappa shape index (κ2) is 4.21. The number of isothiocyanates is 1. The summed E-state index contributed by atoms with van der Waals surface area (Å²) >= 11 is 9.51. The molecule has 12 heavy (non-hydrogen) atoms. The Labute approximate surface area is 82.1 Å². The summed E-state index contributed by atoms with van der Waals surface area (Å²) in [5.41, 5.74) is 1.81. The predicted octanol–water partition coefficient (Wildman–Crippen LogP) is 3.16. The van der Waals surface area contributed by atoms with Crippen molar-refractivity contribution in [1.29, 1.82) is 0 Å². The Morgan fingerprint density at radius 1 is 1.50 bits per heavy atom. The maximum Gasteiger partial charge on any atom is 0.0745 e. The standard InChI is InChI=1S/C9H7NS2/c1-7(12)8-3-2-4-9(5-8)10-6-11/h2-5H,1H3. The molecule has 60 valence electrons. The van der Waals surface area contributed by atoms with Gasteiger partial charge in [-0.1, -0.05) is 24.4 Å². The lowest BCUT2D eigenvalue weighted by molar-refractivity contribution is 1.53. The van der Waals surface area contributed by atoms with Gasteiger partial charge >= 0.3 is 0 Å². The van der Waals surface area contributed by atoms with Crippen LogP contribution in [0.2, 0.25) is 0 Å². The quantitative estimate of drug-likeness (QED) is 0.406. The molecule has 0 N–H and O–H groups in total. The molecule has 0 heterocycles. The average molecular weight is 193 g/mol. The highest BCUT2D eigenvalue weighted by molar-refractivity contribution is 7.80. The highest BCUT2D eigenvalue weighted by atomic mass is 32.1. The van der Waals surface area contributed by atoms with Crippen molar-refractivity contribution in [1.82, 2.24) is 0 Å². The molecule has 1 rings (SSSR count). The molecule has 1 aromatic rings. The van der Waals surface area contributed by atoms with Gasteiger partial charge in [0.2, 0.25) is 0 Å². The summed E-state index contributed by atoms with van der Waals surface area (Å²) in [6.07, 6.45) is 0. The van der Waals surface area contributed by atoms with Crippen LogP contribution in [0, 0.1) is 0 Å². The number of benzene rings is 1. The molecule has 0 aliphatic heterocycles. The largest absolute Gasteiger partial charge is 0.195 e. The van der Waals surface area contributed by atoms with Gasteiger partial charge in [0.15, 0.2) is 0 Å². The maximum absolute atomic E-state index is 5.02. The second-order valence-electron chi connectivity index (χ2n) is 2.31. The zero-order valence-electron chi connectivity index (χ0n) is 6.57. The smallest absolute Gasteiger partial charge is 0.0745 e. The third kappa shape index (κ3) is 2.31. The van der Waals surface area contributed by atoms with E-state index in [2.05, 4.69) is 22.4 Å². The molecule has 0 saturated heterocycles. The molecule has 0 bridgehead atoms. The molecule has 0 aromatic heterocycles. The van der Waals surface area contributed by atoms with E-state index in [1.807, 2.05) is 31.2 Å². The van der Waals surface area contributed by atoms with Crippen LogP contribution in [0.3, 0.4) is 0 Å². The van der Waals surface area contributed by atoms with E-state index in [9.17, 15) is 0 Å². The summed E-state index contributed by atoms with van der Waals surface area (Å²) in [6, 6.07) is 7.60. The summed E-state index contributed by atoms with van der Waals surface area (Å²) in [7, 11) is 0. The van der Waals surface area contributed by atoms with E-state index in [1.54, 1.807) is 0 Å². The Morgan fingerprint density at radius 3 is 2.83 bits per heavy atom. The molecular weight excluding hydrogens is 186 g/mol. The van der Waals surface area contributed by atoms with Crippen LogP contribution in [0.15, 0.2) is 29.3 Å². The van der Waals surface area contributed by atoms with Crippen molar-refractivity contribution in [2.24, 2.45) is 4.99 Å². The molecule has 0 aliphatic carbocycles. The van der Waals surface area contributed by atoms with E-state index in [0.717, 1.165) is 16.1 Å². The number of hydrogen-bond acceptors (Lipinski definition) is 3. The van der Waals surface area contributed by atoms with E-state index >= 15 is 0 Å². The highest BCUT2D eigenvalue weighted by Gasteiger charge is 1.94. The summed E-state index contributed by atoms with van der Waals surface area (Å²) in [5.74, 6) is 0. The first-order valence-corrected chi connectivity index (χ1v) is 4.24. The molecule has 0 unspecified atom stereocenters. The average Bonchev–Trinajstić information content (AvgIpc) is 2.05. The van der Waals surface area contributed by atoms with Crippen molar-refractivity contribution in [2.75, 3.05) is 0 Å². The van der Waals surface area contributed by atoms with Crippen LogP contribution in [0.1, 0.15) is 12.5 Å². The normalized spacial score (nSPS) is 8.75. The lowest BCUT2D eigenvalue weighted by atomic mass is 10.1. The topological polar surface area (TPSA) is 12.4 Å². The van der Waals surface area contributed by atoms with Gasteiger partial charge in [-0.25, -0.2) is 0 Å². The van der Waals surface area contributed by atoms with Crippen LogP contribution in [0.25, 0.3) is 0 Å². The number of nitrogens with zero attached hydrogens (tertiary/aromatic N) is 1. The Balaban J connectivity index is 3.11. The fourth-order valence-corrected chi connectivity index (χ4v) is 1.08. The number of rotatable bonds is 2. The van der Waals surface area contributed by atoms with Crippen LogP contribution in [-0.4, -0.2) is 10.0 Å². The van der Waals surface area contributed by atoms with E-state index in [1.165, 1.54) is 0 Å². The number of thiocarbonyl (C=S) groups is 2. The summed E-state index contributed by atoms with van der Waals surface area (Å²) in [5, 5.41) is 2.32. The molecule has 1 nitrogen and oxygen atoms in total. The maximum atomic E-state index is 5.02. The van der Waals surface area contributed by atoms with Crippen molar-refractivity contribution < 1.29 is 0 Å². The minimum absolute atomic E-state index is 0.798. The van der Waals surface area contributed by atoms with Gasteiger partial charge < -0.3 is 0 Å². The van der Waals surface area contributed by atoms with Crippen LogP contribution in [-0.2, 0) is 0 Å². The lowest BCUT2D eigenvalue weighted by Gasteiger charge is -1.97. The van der Waals surface area contributed by atoms with Gasteiger partial charge in [-0.15, -0.1) is 0 Å². The van der Waals surface area contributed by atoms with Gasteiger partial charge in [-0.2, -0.15) is 4.99 Å². The SMILES string of the molecule is CC(=S)c1cccc(N=C=S)c1. The lowest BCUT2D eigenvalue weighted by Crippen LogP contribution is -1.87. The van der Waals surface area contributed by atoms with Gasteiger partial charge in [0, 0.05) is 4.86 Å². The van der Waals surface area contributed by atoms with Gasteiger partial charge in [0.05, 0.1) is 10.8 Å². The highest BCUT2D eigenvalue weighted by Crippen LogP contribution is 2.13. The van der Waals surface area contributed by atoms with Crippen molar-refractivity contribution in [3.63, 3.8) is 0 Å². The summed E-state index contributed by atoms with van der Waals surface area (Å²) in [4.78, 5) is 4.71. The molecular formula is C9H7NS2. The summed E-state index contributed by atoms with van der Waals surface area (Å²) in [6.45, 7) is 1.88. The zero-order chi connectivity index (χ0) is 8.97. The van der Waals surface area contributed by atoms with E-state index in [0.29, 0.717) is 0 Å². The van der Waals surface area contributed by atoms with Crippen molar-refractivity contribution in [2.45, 2.75) is 6.92 Å². The first kappa shape index (κ1) is 9.20. The van der Waals surface area contributed by atoms with E-state index < -0.39 is 0 Å². The van der Waals surface area contributed by atoms with Crippen LogP contribution < -0.4 is 0 Å². The Hall–Kier alpha value is -0.890. The van der Waals surface area contributed by atoms with Crippen molar-refractivity contribution in [3.05, 3.63) is 29.8 Å². The molecule has 0 saturated carbocycles. The minimum atomic E-state index is 0.798. The Bertz CT molecular complexity index is 334. The van der Waals surface area contributed by atoms with E-state index in [-0.39, 0.29) is 0 Å². The Morgan fingerprint density at radius 2 is 2.25 bits per heavy atom. The molecule has 0 radical (unpaired) electrons. The fourth-order valence-electron chi connectivity index (χ4n) is 0.847. The third-order valence-corrected chi connectivity index (χ3v) is 1.75. The van der Waals surface area contributed by atoms with E-state index in [4.69, 9.17) is 12.2 Å². The summed E-state index contributed by atoms with van der Waals surface area (Å²) < 4.78 is 0. The van der Waals surface area contributed by atoms with Crippen molar-refractivity contribution in [3.8, 4) is 0 Å². The predicted molar refractivity (Wildman–Crippen MR) is 58.5 cm³/mol. The van der Waals surface area contributed by atoms with Crippen LogP contribution >= 0.6 is 24.4 Å². The molecule has 0 amide bonds. The molecule has 0 fully saturated rings. The molecule has 1 aromatic carbocycles. The zero-order valence-corrected chi connectivity index (χ0v) is 8.21. The number of hydrogen-bond donors (Lipinski definition) is 0. The first-order chi connectivity index (χ1) is 5.74. The minimum Gasteiger partial charge on any atom is -0.195 e.